The highest BCUT2D eigenvalue weighted by Gasteiger charge is 2.17. The minimum absolute atomic E-state index is 0.0832. The Kier molecular flexibility index (Phi) is 7.79. The Hall–Kier alpha value is -2.69. The van der Waals surface area contributed by atoms with Crippen LogP contribution in [0.2, 0.25) is 0 Å². The molecule has 0 aliphatic rings. The summed E-state index contributed by atoms with van der Waals surface area (Å²) in [7, 11) is 1.81. The number of unbranched alkanes of at least 4 members (excludes halogenated alkanes) is 6. The van der Waals surface area contributed by atoms with E-state index >= 15 is 0 Å². The molecule has 0 saturated heterocycles. The number of rotatable bonds is 11. The molecule has 5 heteroatoms. The lowest BCUT2D eigenvalue weighted by Crippen LogP contribution is -2.28. The van der Waals surface area contributed by atoms with Gasteiger partial charge in [0.25, 0.3) is 5.91 Å². The Morgan fingerprint density at radius 2 is 1.69 bits per heavy atom. The molecule has 0 saturated carbocycles. The van der Waals surface area contributed by atoms with E-state index in [2.05, 4.69) is 28.6 Å². The molecule has 5 nitrogen and oxygen atoms in total. The number of fused-ring (bicyclic) bond motifs is 1. The van der Waals surface area contributed by atoms with Gasteiger partial charge in [0.05, 0.1) is 17.6 Å². The second-order valence-corrected chi connectivity index (χ2v) is 7.67. The molecule has 29 heavy (non-hydrogen) atoms. The minimum atomic E-state index is -0.0832. The normalized spacial score (nSPS) is 11.1. The van der Waals surface area contributed by atoms with E-state index in [-0.39, 0.29) is 5.91 Å². The summed E-state index contributed by atoms with van der Waals surface area (Å²) >= 11 is 0. The zero-order valence-corrected chi connectivity index (χ0v) is 17.7. The maximum absolute atomic E-state index is 12.7. The fourth-order valence-corrected chi connectivity index (χ4v) is 3.69. The number of imidazole rings is 1. The van der Waals surface area contributed by atoms with E-state index in [4.69, 9.17) is 4.98 Å². The Morgan fingerprint density at radius 3 is 2.45 bits per heavy atom. The molecule has 0 radical (unpaired) electrons. The van der Waals surface area contributed by atoms with Gasteiger partial charge >= 0.3 is 0 Å². The van der Waals surface area contributed by atoms with Gasteiger partial charge in [0.15, 0.2) is 0 Å². The summed E-state index contributed by atoms with van der Waals surface area (Å²) < 4.78 is 2.28. The molecule has 3 rings (SSSR count). The second kappa shape index (κ2) is 10.7. The summed E-state index contributed by atoms with van der Waals surface area (Å²) in [6, 6.07) is 13.6. The van der Waals surface area contributed by atoms with Crippen LogP contribution in [0, 0.1) is 0 Å². The zero-order chi connectivity index (χ0) is 20.5. The van der Waals surface area contributed by atoms with Crippen LogP contribution in [0.3, 0.4) is 0 Å². The van der Waals surface area contributed by atoms with Gasteiger partial charge < -0.3 is 9.47 Å². The number of amides is 1. The van der Waals surface area contributed by atoms with Crippen molar-refractivity contribution in [2.24, 2.45) is 0 Å². The van der Waals surface area contributed by atoms with Crippen molar-refractivity contribution in [2.45, 2.75) is 65.0 Å². The first-order chi connectivity index (χ1) is 14.2. The van der Waals surface area contributed by atoms with E-state index in [1.54, 1.807) is 17.2 Å². The summed E-state index contributed by atoms with van der Waals surface area (Å²) in [5, 5.41) is 0. The van der Waals surface area contributed by atoms with Crippen LogP contribution in [0.1, 0.15) is 68.2 Å². The average Bonchev–Trinajstić information content (AvgIpc) is 3.10. The van der Waals surface area contributed by atoms with Gasteiger partial charge in [-0.05, 0) is 30.7 Å². The van der Waals surface area contributed by atoms with E-state index in [9.17, 15) is 4.79 Å². The van der Waals surface area contributed by atoms with Gasteiger partial charge in [-0.2, -0.15) is 0 Å². The van der Waals surface area contributed by atoms with Crippen molar-refractivity contribution < 1.29 is 4.79 Å². The first-order valence-corrected chi connectivity index (χ1v) is 10.8. The quantitative estimate of drug-likeness (QED) is 0.408. The summed E-state index contributed by atoms with van der Waals surface area (Å²) in [6.45, 7) is 3.66. The van der Waals surface area contributed by atoms with Crippen LogP contribution >= 0.6 is 0 Å². The molecule has 0 aliphatic heterocycles. The number of nitrogens with zero attached hydrogens (tertiary/aromatic N) is 4. The van der Waals surface area contributed by atoms with E-state index in [0.29, 0.717) is 12.2 Å². The first kappa shape index (κ1) is 21.0. The van der Waals surface area contributed by atoms with Crippen LogP contribution in [0.15, 0.2) is 48.7 Å². The first-order valence-electron chi connectivity index (χ1n) is 10.8. The summed E-state index contributed by atoms with van der Waals surface area (Å²) in [6.07, 6.45) is 10.6. The van der Waals surface area contributed by atoms with E-state index < -0.39 is 0 Å². The molecular weight excluding hydrogens is 360 g/mol. The van der Waals surface area contributed by atoms with E-state index in [1.165, 1.54) is 38.5 Å². The molecule has 1 aromatic carbocycles. The number of carbonyl (C=O) groups excluding carboxylic acids is 1. The molecule has 2 heterocycles. The zero-order valence-electron chi connectivity index (χ0n) is 17.7. The Morgan fingerprint density at radius 1 is 0.966 bits per heavy atom. The van der Waals surface area contributed by atoms with Gasteiger partial charge in [-0.25, -0.2) is 4.98 Å². The molecule has 1 amide bonds. The lowest BCUT2D eigenvalue weighted by molar-refractivity contribution is 0.0774. The maximum atomic E-state index is 12.7. The van der Waals surface area contributed by atoms with Crippen molar-refractivity contribution in [3.63, 3.8) is 0 Å². The van der Waals surface area contributed by atoms with Crippen LogP contribution in [0.4, 0.5) is 0 Å². The number of aryl methyl sites for hydroxylation is 1. The average molecular weight is 393 g/mol. The van der Waals surface area contributed by atoms with E-state index in [0.717, 1.165) is 29.8 Å². The van der Waals surface area contributed by atoms with Gasteiger partial charge in [-0.15, -0.1) is 0 Å². The van der Waals surface area contributed by atoms with Crippen molar-refractivity contribution in [3.8, 4) is 0 Å². The molecule has 3 aromatic rings. The van der Waals surface area contributed by atoms with E-state index in [1.807, 2.05) is 31.3 Å². The number of aromatic nitrogens is 3. The lowest BCUT2D eigenvalue weighted by Gasteiger charge is -2.17. The standard InChI is InChI=1S/C24H32N4O/c1-3-4-5-6-7-8-13-18-28-22-16-10-9-14-20(22)26-23(28)19-27(2)24(29)21-15-11-12-17-25-21/h9-12,14-17H,3-8,13,18-19H2,1-2H3. The molecule has 154 valence electrons. The van der Waals surface area contributed by atoms with Crippen LogP contribution in [-0.2, 0) is 13.1 Å². The fraction of sp³-hybridized carbons (Fsp3) is 0.458. The largest absolute Gasteiger partial charge is 0.333 e. The number of carbonyl (C=O) groups is 1. The van der Waals surface area contributed by atoms with Crippen molar-refractivity contribution in [1.29, 1.82) is 0 Å². The molecule has 0 unspecified atom stereocenters. The predicted octanol–water partition coefficient (Wildman–Crippen LogP) is 5.45. The molecule has 0 spiro atoms. The van der Waals surface area contributed by atoms with Gasteiger partial charge in [0.1, 0.15) is 11.5 Å². The third kappa shape index (κ3) is 5.66. The number of hydrogen-bond acceptors (Lipinski definition) is 3. The summed E-state index contributed by atoms with van der Waals surface area (Å²) in [5.74, 6) is 0.851. The lowest BCUT2D eigenvalue weighted by atomic mass is 10.1. The van der Waals surface area contributed by atoms with Gasteiger partial charge in [-0.1, -0.05) is 63.6 Å². The van der Waals surface area contributed by atoms with Crippen LogP contribution in [-0.4, -0.2) is 32.4 Å². The summed E-state index contributed by atoms with van der Waals surface area (Å²) in [4.78, 5) is 23.4. The topological polar surface area (TPSA) is 51.0 Å². The smallest absolute Gasteiger partial charge is 0.272 e. The number of para-hydroxylation sites is 2. The highest BCUT2D eigenvalue weighted by Crippen LogP contribution is 2.19. The molecule has 0 N–H and O–H groups in total. The predicted molar refractivity (Wildman–Crippen MR) is 118 cm³/mol. The van der Waals surface area contributed by atoms with Crippen LogP contribution in [0.25, 0.3) is 11.0 Å². The van der Waals surface area contributed by atoms with Crippen molar-refractivity contribution >= 4 is 16.9 Å². The third-order valence-electron chi connectivity index (χ3n) is 5.33. The SMILES string of the molecule is CCCCCCCCCn1c(CN(C)C(=O)c2ccccn2)nc2ccccc21. The van der Waals surface area contributed by atoms with Crippen LogP contribution < -0.4 is 0 Å². The van der Waals surface area contributed by atoms with Crippen molar-refractivity contribution in [2.75, 3.05) is 7.05 Å². The maximum Gasteiger partial charge on any atom is 0.272 e. The molecule has 0 atom stereocenters. The number of pyridine rings is 1. The summed E-state index contributed by atoms with van der Waals surface area (Å²) in [5.41, 5.74) is 2.60. The fourth-order valence-electron chi connectivity index (χ4n) is 3.69. The minimum Gasteiger partial charge on any atom is -0.333 e. The molecule has 0 bridgehead atoms. The Labute approximate surface area is 173 Å². The molecule has 0 aliphatic carbocycles. The highest BCUT2D eigenvalue weighted by atomic mass is 16.2. The van der Waals surface area contributed by atoms with Crippen molar-refractivity contribution in [3.05, 3.63) is 60.2 Å². The van der Waals surface area contributed by atoms with Crippen LogP contribution in [0.5, 0.6) is 0 Å². The van der Waals surface area contributed by atoms with Crippen molar-refractivity contribution in [1.82, 2.24) is 19.4 Å². The van der Waals surface area contributed by atoms with Gasteiger partial charge in [0, 0.05) is 19.8 Å². The molecular formula is C24H32N4O. The van der Waals surface area contributed by atoms with Gasteiger partial charge in [0.2, 0.25) is 0 Å². The highest BCUT2D eigenvalue weighted by molar-refractivity contribution is 5.92. The Balaban J connectivity index is 1.67. The number of hydrogen-bond donors (Lipinski definition) is 0. The number of benzene rings is 1. The molecule has 2 aromatic heterocycles. The monoisotopic (exact) mass is 392 g/mol. The molecule has 0 fully saturated rings. The Bertz CT molecular complexity index is 904. The van der Waals surface area contributed by atoms with Gasteiger partial charge in [-0.3, -0.25) is 9.78 Å². The second-order valence-electron chi connectivity index (χ2n) is 7.67. The third-order valence-corrected chi connectivity index (χ3v) is 5.33.